The minimum Gasteiger partial charge on any atom is -0.369 e. The largest absolute Gasteiger partial charge is 0.369 e. The average Bonchev–Trinajstić information content (AvgIpc) is 2.53. The average molecular weight is 342 g/mol. The Morgan fingerprint density at radius 3 is 2.62 bits per heavy atom. The van der Waals surface area contributed by atoms with Crippen molar-refractivity contribution in [1.29, 1.82) is 5.26 Å². The van der Waals surface area contributed by atoms with Crippen LogP contribution in [0.5, 0.6) is 0 Å². The number of hydrogen-bond acceptors (Lipinski definition) is 5. The fourth-order valence-corrected chi connectivity index (χ4v) is 3.35. The maximum Gasteiger partial charge on any atom is 0.253 e. The van der Waals surface area contributed by atoms with Crippen LogP contribution in [0, 0.1) is 17.2 Å². The lowest BCUT2D eigenvalue weighted by Gasteiger charge is -2.27. The second-order valence-corrected chi connectivity index (χ2v) is 6.30. The number of nitrogens with zero attached hydrogens (tertiary/aromatic N) is 1. The molecule has 0 saturated carbocycles. The first-order valence-corrected chi connectivity index (χ1v) is 8.32. The van der Waals surface area contributed by atoms with Crippen molar-refractivity contribution in [2.24, 2.45) is 11.7 Å². The van der Waals surface area contributed by atoms with E-state index < -0.39 is 5.91 Å². The first-order chi connectivity index (χ1) is 11.4. The SMILES string of the molecule is CC1=C(C(=O)Nc2ccccc2)C(C)C(C#N)=C(SCC(N)=O)N1. The molecule has 4 N–H and O–H groups in total. The number of carbonyl (C=O) groups is 2. The van der Waals surface area contributed by atoms with E-state index in [4.69, 9.17) is 5.73 Å². The number of nitriles is 1. The highest BCUT2D eigenvalue weighted by molar-refractivity contribution is 8.03. The Hall–Kier alpha value is -2.72. The third kappa shape index (κ3) is 3.97. The predicted molar refractivity (Wildman–Crippen MR) is 94.4 cm³/mol. The van der Waals surface area contributed by atoms with Gasteiger partial charge in [-0.25, -0.2) is 0 Å². The van der Waals surface area contributed by atoms with Gasteiger partial charge in [0.25, 0.3) is 5.91 Å². The van der Waals surface area contributed by atoms with Crippen molar-refractivity contribution in [3.63, 3.8) is 0 Å². The molecule has 2 rings (SSSR count). The van der Waals surface area contributed by atoms with Crippen molar-refractivity contribution in [3.05, 3.63) is 52.2 Å². The first kappa shape index (κ1) is 17.6. The molecule has 2 amide bonds. The number of para-hydroxylation sites is 1. The third-order valence-electron chi connectivity index (χ3n) is 3.57. The van der Waals surface area contributed by atoms with E-state index in [1.807, 2.05) is 18.2 Å². The molecule has 0 spiro atoms. The number of amides is 2. The van der Waals surface area contributed by atoms with Crippen LogP contribution in [0.3, 0.4) is 0 Å². The van der Waals surface area contributed by atoms with Gasteiger partial charge < -0.3 is 16.4 Å². The third-order valence-corrected chi connectivity index (χ3v) is 4.61. The van der Waals surface area contributed by atoms with Crippen molar-refractivity contribution < 1.29 is 9.59 Å². The van der Waals surface area contributed by atoms with E-state index in [0.717, 1.165) is 0 Å². The predicted octanol–water partition coefficient (Wildman–Crippen LogP) is 2.09. The molecule has 124 valence electrons. The minimum atomic E-state index is -0.464. The van der Waals surface area contributed by atoms with E-state index in [0.29, 0.717) is 27.6 Å². The van der Waals surface area contributed by atoms with Crippen molar-refractivity contribution >= 4 is 29.3 Å². The van der Waals surface area contributed by atoms with Crippen LogP contribution in [-0.2, 0) is 9.59 Å². The molecule has 6 nitrogen and oxygen atoms in total. The maximum absolute atomic E-state index is 12.6. The molecule has 7 heteroatoms. The fraction of sp³-hybridized carbons (Fsp3) is 0.235. The highest BCUT2D eigenvalue weighted by Crippen LogP contribution is 2.33. The topological polar surface area (TPSA) is 108 Å². The zero-order valence-electron chi connectivity index (χ0n) is 13.4. The van der Waals surface area contributed by atoms with Crippen LogP contribution in [-0.4, -0.2) is 17.6 Å². The lowest BCUT2D eigenvalue weighted by atomic mass is 9.89. The summed E-state index contributed by atoms with van der Waals surface area (Å²) in [6.07, 6.45) is 0. The zero-order valence-corrected chi connectivity index (χ0v) is 14.2. The molecule has 1 aliphatic rings. The molecule has 0 aromatic heterocycles. The number of dihydropyridines is 1. The number of nitrogens with two attached hydrogens (primary N) is 1. The maximum atomic E-state index is 12.6. The van der Waals surface area contributed by atoms with Gasteiger partial charge in [0.2, 0.25) is 5.91 Å². The number of carbonyl (C=O) groups excluding carboxylic acids is 2. The molecular formula is C17H18N4O2S. The minimum absolute atomic E-state index is 0.0685. The lowest BCUT2D eigenvalue weighted by Crippen LogP contribution is -2.30. The van der Waals surface area contributed by atoms with Crippen LogP contribution in [0.15, 0.2) is 52.2 Å². The normalized spacial score (nSPS) is 17.1. The molecule has 24 heavy (non-hydrogen) atoms. The Morgan fingerprint density at radius 1 is 1.38 bits per heavy atom. The van der Waals surface area contributed by atoms with E-state index >= 15 is 0 Å². The second kappa shape index (κ2) is 7.70. The number of hydrogen-bond donors (Lipinski definition) is 3. The number of thioether (sulfide) groups is 1. The van der Waals surface area contributed by atoms with Gasteiger partial charge in [-0.15, -0.1) is 0 Å². The van der Waals surface area contributed by atoms with Gasteiger partial charge in [-0.2, -0.15) is 5.26 Å². The Labute approximate surface area is 144 Å². The van der Waals surface area contributed by atoms with Crippen LogP contribution < -0.4 is 16.4 Å². The van der Waals surface area contributed by atoms with Crippen molar-refractivity contribution in [2.45, 2.75) is 13.8 Å². The standard InChI is InChI=1S/C17H18N4O2S/c1-10-13(8-18)17(24-9-14(19)22)20-11(2)15(10)16(23)21-12-6-4-3-5-7-12/h3-7,10,20H,9H2,1-2H3,(H2,19,22)(H,21,23). The molecule has 1 aromatic rings. The van der Waals surface area contributed by atoms with Crippen molar-refractivity contribution in [2.75, 3.05) is 11.1 Å². The molecule has 0 saturated heterocycles. The van der Waals surface area contributed by atoms with Gasteiger partial charge in [0, 0.05) is 22.9 Å². The van der Waals surface area contributed by atoms with Gasteiger partial charge in [-0.3, -0.25) is 9.59 Å². The van der Waals surface area contributed by atoms with Crippen LogP contribution in [0.4, 0.5) is 5.69 Å². The highest BCUT2D eigenvalue weighted by atomic mass is 32.2. The summed E-state index contributed by atoms with van der Waals surface area (Å²) in [5.41, 5.74) is 7.42. The van der Waals surface area contributed by atoms with Gasteiger partial charge in [0.15, 0.2) is 0 Å². The number of benzene rings is 1. The Bertz CT molecular complexity index is 763. The van der Waals surface area contributed by atoms with Gasteiger partial charge in [0.05, 0.1) is 22.4 Å². The number of primary amides is 1. The molecule has 0 fully saturated rings. The van der Waals surface area contributed by atoms with E-state index in [2.05, 4.69) is 16.7 Å². The molecule has 1 atom stereocenters. The molecule has 1 aliphatic heterocycles. The number of rotatable bonds is 5. The van der Waals surface area contributed by atoms with Gasteiger partial charge in [0.1, 0.15) is 0 Å². The summed E-state index contributed by atoms with van der Waals surface area (Å²) < 4.78 is 0. The lowest BCUT2D eigenvalue weighted by molar-refractivity contribution is -0.115. The Balaban J connectivity index is 2.23. The van der Waals surface area contributed by atoms with E-state index in [-0.39, 0.29) is 17.6 Å². The number of nitrogens with one attached hydrogen (secondary N) is 2. The summed E-state index contributed by atoms with van der Waals surface area (Å²) in [7, 11) is 0. The number of allylic oxidation sites excluding steroid dienone is 2. The molecule has 0 aliphatic carbocycles. The van der Waals surface area contributed by atoms with Gasteiger partial charge >= 0.3 is 0 Å². The van der Waals surface area contributed by atoms with Gasteiger partial charge in [-0.1, -0.05) is 36.9 Å². The van der Waals surface area contributed by atoms with Crippen molar-refractivity contribution in [1.82, 2.24) is 5.32 Å². The monoisotopic (exact) mass is 342 g/mol. The van der Waals surface area contributed by atoms with Crippen LogP contribution in [0.1, 0.15) is 13.8 Å². The summed E-state index contributed by atoms with van der Waals surface area (Å²) in [6, 6.07) is 11.2. The Kier molecular flexibility index (Phi) is 5.66. The summed E-state index contributed by atoms with van der Waals surface area (Å²) in [5.74, 6) is -1.03. The van der Waals surface area contributed by atoms with E-state index in [1.54, 1.807) is 26.0 Å². The summed E-state index contributed by atoms with van der Waals surface area (Å²) in [4.78, 5) is 23.6. The van der Waals surface area contributed by atoms with E-state index in [1.165, 1.54) is 11.8 Å². The summed E-state index contributed by atoms with van der Waals surface area (Å²) in [5, 5.41) is 15.9. The van der Waals surface area contributed by atoms with Crippen LogP contribution in [0.25, 0.3) is 0 Å². The van der Waals surface area contributed by atoms with Crippen LogP contribution in [0.2, 0.25) is 0 Å². The molecule has 1 aromatic carbocycles. The quantitative estimate of drug-likeness (QED) is 0.759. The number of anilines is 1. The molecule has 1 heterocycles. The van der Waals surface area contributed by atoms with Crippen molar-refractivity contribution in [3.8, 4) is 6.07 Å². The molecule has 0 radical (unpaired) electrons. The summed E-state index contributed by atoms with van der Waals surface area (Å²) in [6.45, 7) is 3.57. The van der Waals surface area contributed by atoms with Crippen LogP contribution >= 0.6 is 11.8 Å². The smallest absolute Gasteiger partial charge is 0.253 e. The van der Waals surface area contributed by atoms with Gasteiger partial charge in [-0.05, 0) is 19.1 Å². The summed E-state index contributed by atoms with van der Waals surface area (Å²) >= 11 is 1.17. The fourth-order valence-electron chi connectivity index (χ4n) is 2.46. The Morgan fingerprint density at radius 2 is 2.04 bits per heavy atom. The van der Waals surface area contributed by atoms with E-state index in [9.17, 15) is 14.9 Å². The molecule has 0 bridgehead atoms. The first-order valence-electron chi connectivity index (χ1n) is 7.33. The second-order valence-electron chi connectivity index (χ2n) is 5.32. The molecular weight excluding hydrogens is 324 g/mol. The zero-order chi connectivity index (χ0) is 17.7. The highest BCUT2D eigenvalue weighted by Gasteiger charge is 2.30. The molecule has 1 unspecified atom stereocenters.